The van der Waals surface area contributed by atoms with E-state index in [-0.39, 0.29) is 5.41 Å². The zero-order chi connectivity index (χ0) is 15.7. The summed E-state index contributed by atoms with van der Waals surface area (Å²) in [5, 5.41) is 0. The maximum absolute atomic E-state index is 12.5. The molecule has 1 rings (SSSR count). The summed E-state index contributed by atoms with van der Waals surface area (Å²) in [6, 6.07) is 1.77. The molecule has 0 aliphatic heterocycles. The average molecular weight is 299 g/mol. The SMILES string of the molecule is COc1cc(C)c(S(=O)(=O)NCC(C)(C)C)c(C)c1C. The first-order chi connectivity index (χ1) is 8.99. The van der Waals surface area contributed by atoms with Crippen LogP contribution in [0, 0.1) is 26.2 Å². The molecule has 0 atom stereocenters. The maximum Gasteiger partial charge on any atom is 0.241 e. The van der Waals surface area contributed by atoms with E-state index in [1.54, 1.807) is 20.1 Å². The first-order valence-corrected chi connectivity index (χ1v) is 8.12. The third-order valence-electron chi connectivity index (χ3n) is 3.26. The van der Waals surface area contributed by atoms with E-state index >= 15 is 0 Å². The molecule has 1 aromatic carbocycles. The number of benzene rings is 1. The number of hydrogen-bond acceptors (Lipinski definition) is 3. The second-order valence-electron chi connectivity index (χ2n) is 6.36. The summed E-state index contributed by atoms with van der Waals surface area (Å²) in [5.74, 6) is 0.717. The van der Waals surface area contributed by atoms with Crippen molar-refractivity contribution in [3.8, 4) is 5.75 Å². The van der Waals surface area contributed by atoms with Crippen molar-refractivity contribution in [1.29, 1.82) is 0 Å². The summed E-state index contributed by atoms with van der Waals surface area (Å²) < 4.78 is 33.0. The number of rotatable bonds is 4. The van der Waals surface area contributed by atoms with E-state index in [1.165, 1.54) is 0 Å². The van der Waals surface area contributed by atoms with Gasteiger partial charge >= 0.3 is 0 Å². The van der Waals surface area contributed by atoms with Gasteiger partial charge in [-0.25, -0.2) is 13.1 Å². The standard InChI is InChI=1S/C15H25NO3S/c1-10-8-13(19-7)11(2)12(3)14(10)20(17,18)16-9-15(4,5)6/h8,16H,9H2,1-7H3. The predicted octanol–water partition coefficient (Wildman–Crippen LogP) is 2.94. The van der Waals surface area contributed by atoms with Crippen molar-refractivity contribution in [3.05, 3.63) is 22.8 Å². The van der Waals surface area contributed by atoms with Crippen molar-refractivity contribution in [3.63, 3.8) is 0 Å². The highest BCUT2D eigenvalue weighted by atomic mass is 32.2. The van der Waals surface area contributed by atoms with Gasteiger partial charge in [0.25, 0.3) is 0 Å². The molecule has 0 spiro atoms. The van der Waals surface area contributed by atoms with E-state index in [0.717, 1.165) is 16.9 Å². The smallest absolute Gasteiger partial charge is 0.241 e. The van der Waals surface area contributed by atoms with Crippen LogP contribution in [0.2, 0.25) is 0 Å². The number of nitrogens with one attached hydrogen (secondary N) is 1. The highest BCUT2D eigenvalue weighted by Gasteiger charge is 2.24. The van der Waals surface area contributed by atoms with Crippen molar-refractivity contribution >= 4 is 10.0 Å². The minimum atomic E-state index is -3.51. The molecule has 0 saturated heterocycles. The lowest BCUT2D eigenvalue weighted by Gasteiger charge is -2.21. The number of methoxy groups -OCH3 is 1. The highest BCUT2D eigenvalue weighted by Crippen LogP contribution is 2.30. The Bertz CT molecular complexity index is 599. The van der Waals surface area contributed by atoms with Gasteiger partial charge in [-0.05, 0) is 48.9 Å². The Morgan fingerprint density at radius 1 is 1.15 bits per heavy atom. The van der Waals surface area contributed by atoms with Crippen molar-refractivity contribution in [1.82, 2.24) is 4.72 Å². The van der Waals surface area contributed by atoms with Crippen LogP contribution in [0.3, 0.4) is 0 Å². The summed E-state index contributed by atoms with van der Waals surface area (Å²) in [4.78, 5) is 0.361. The lowest BCUT2D eigenvalue weighted by molar-refractivity contribution is 0.406. The van der Waals surface area contributed by atoms with Crippen LogP contribution >= 0.6 is 0 Å². The Morgan fingerprint density at radius 3 is 2.15 bits per heavy atom. The molecule has 0 aliphatic carbocycles. The monoisotopic (exact) mass is 299 g/mol. The Kier molecular flexibility index (Phi) is 4.87. The fraction of sp³-hybridized carbons (Fsp3) is 0.600. The summed E-state index contributed by atoms with van der Waals surface area (Å²) in [7, 11) is -1.92. The number of hydrogen-bond donors (Lipinski definition) is 1. The predicted molar refractivity (Wildman–Crippen MR) is 81.8 cm³/mol. The fourth-order valence-corrected chi connectivity index (χ4v) is 3.84. The zero-order valence-corrected chi connectivity index (χ0v) is 14.2. The molecule has 0 bridgehead atoms. The molecule has 0 saturated carbocycles. The lowest BCUT2D eigenvalue weighted by Crippen LogP contribution is -2.33. The molecule has 4 nitrogen and oxygen atoms in total. The molecule has 0 amide bonds. The summed E-state index contributed by atoms with van der Waals surface area (Å²) >= 11 is 0. The molecule has 0 fully saturated rings. The van der Waals surface area contributed by atoms with Gasteiger partial charge in [0.05, 0.1) is 12.0 Å². The molecule has 0 aromatic heterocycles. The summed E-state index contributed by atoms with van der Waals surface area (Å²) in [6.07, 6.45) is 0. The molecule has 0 unspecified atom stereocenters. The van der Waals surface area contributed by atoms with Crippen molar-refractivity contribution in [2.45, 2.75) is 46.4 Å². The molecular formula is C15H25NO3S. The van der Waals surface area contributed by atoms with E-state index in [0.29, 0.717) is 17.0 Å². The minimum absolute atomic E-state index is 0.101. The van der Waals surface area contributed by atoms with Gasteiger partial charge in [0.15, 0.2) is 0 Å². The minimum Gasteiger partial charge on any atom is -0.496 e. The van der Waals surface area contributed by atoms with Crippen LogP contribution in [0.15, 0.2) is 11.0 Å². The Labute approximate surface area is 122 Å². The molecule has 114 valence electrons. The van der Waals surface area contributed by atoms with Crippen molar-refractivity contribution in [2.24, 2.45) is 5.41 Å². The topological polar surface area (TPSA) is 55.4 Å². The average Bonchev–Trinajstić information content (AvgIpc) is 2.30. The van der Waals surface area contributed by atoms with Crippen LogP contribution in [0.4, 0.5) is 0 Å². The van der Waals surface area contributed by atoms with Crippen LogP contribution in [-0.2, 0) is 10.0 Å². The van der Waals surface area contributed by atoms with E-state index in [1.807, 2.05) is 34.6 Å². The number of ether oxygens (including phenoxy) is 1. The third kappa shape index (κ3) is 3.73. The van der Waals surface area contributed by atoms with Gasteiger partial charge in [-0.15, -0.1) is 0 Å². The number of sulfonamides is 1. The van der Waals surface area contributed by atoms with Crippen molar-refractivity contribution < 1.29 is 13.2 Å². The van der Waals surface area contributed by atoms with Gasteiger partial charge < -0.3 is 4.74 Å². The van der Waals surface area contributed by atoms with Gasteiger partial charge in [0, 0.05) is 6.54 Å². The largest absolute Gasteiger partial charge is 0.496 e. The second kappa shape index (κ2) is 5.74. The van der Waals surface area contributed by atoms with Gasteiger partial charge in [-0.2, -0.15) is 0 Å². The van der Waals surface area contributed by atoms with Gasteiger partial charge in [-0.3, -0.25) is 0 Å². The van der Waals surface area contributed by atoms with Gasteiger partial charge in [-0.1, -0.05) is 20.8 Å². The van der Waals surface area contributed by atoms with Gasteiger partial charge in [0.1, 0.15) is 5.75 Å². The highest BCUT2D eigenvalue weighted by molar-refractivity contribution is 7.89. The quantitative estimate of drug-likeness (QED) is 0.930. The lowest BCUT2D eigenvalue weighted by atomic mass is 9.98. The Morgan fingerprint density at radius 2 is 1.70 bits per heavy atom. The molecule has 1 aromatic rings. The fourth-order valence-electron chi connectivity index (χ4n) is 2.03. The van der Waals surface area contributed by atoms with Crippen LogP contribution < -0.4 is 9.46 Å². The van der Waals surface area contributed by atoms with Crippen LogP contribution in [0.25, 0.3) is 0 Å². The second-order valence-corrected chi connectivity index (χ2v) is 8.06. The first kappa shape index (κ1) is 17.0. The Balaban J connectivity index is 3.29. The molecule has 0 radical (unpaired) electrons. The molecule has 0 aliphatic rings. The van der Waals surface area contributed by atoms with E-state index in [9.17, 15) is 8.42 Å². The number of aryl methyl sites for hydroxylation is 1. The van der Waals surface area contributed by atoms with Crippen LogP contribution in [0.5, 0.6) is 5.75 Å². The molecular weight excluding hydrogens is 274 g/mol. The third-order valence-corrected chi connectivity index (χ3v) is 4.95. The van der Waals surface area contributed by atoms with Crippen LogP contribution in [0.1, 0.15) is 37.5 Å². The van der Waals surface area contributed by atoms with Crippen LogP contribution in [-0.4, -0.2) is 22.1 Å². The van der Waals surface area contributed by atoms with E-state index in [4.69, 9.17) is 4.74 Å². The molecule has 5 heteroatoms. The summed E-state index contributed by atoms with van der Waals surface area (Å²) in [5.41, 5.74) is 2.19. The van der Waals surface area contributed by atoms with E-state index in [2.05, 4.69) is 4.72 Å². The molecule has 20 heavy (non-hydrogen) atoms. The Hall–Kier alpha value is -1.07. The normalized spacial score (nSPS) is 12.6. The summed E-state index contributed by atoms with van der Waals surface area (Å²) in [6.45, 7) is 11.9. The zero-order valence-electron chi connectivity index (χ0n) is 13.4. The molecule has 0 heterocycles. The van der Waals surface area contributed by atoms with Gasteiger partial charge in [0.2, 0.25) is 10.0 Å². The first-order valence-electron chi connectivity index (χ1n) is 6.64. The van der Waals surface area contributed by atoms with Crippen molar-refractivity contribution in [2.75, 3.05) is 13.7 Å². The molecule has 1 N–H and O–H groups in total. The van der Waals surface area contributed by atoms with E-state index < -0.39 is 10.0 Å². The maximum atomic E-state index is 12.5.